The molecule has 24 heavy (non-hydrogen) atoms. The van der Waals surface area contributed by atoms with Gasteiger partial charge in [-0.25, -0.2) is 13.1 Å². The Kier molecular flexibility index (Phi) is 6.77. The summed E-state index contributed by atoms with van der Waals surface area (Å²) in [5.41, 5.74) is 1.02. The van der Waals surface area contributed by atoms with E-state index in [2.05, 4.69) is 10.0 Å². The van der Waals surface area contributed by atoms with E-state index < -0.39 is 10.0 Å². The highest BCUT2D eigenvalue weighted by atomic mass is 32.2. The van der Waals surface area contributed by atoms with Crippen LogP contribution in [0.3, 0.4) is 0 Å². The number of aryl methyl sites for hydroxylation is 1. The van der Waals surface area contributed by atoms with Crippen LogP contribution in [-0.2, 0) is 14.8 Å². The Morgan fingerprint density at radius 3 is 2.67 bits per heavy atom. The Hall–Kier alpha value is -1.44. The van der Waals surface area contributed by atoms with Gasteiger partial charge in [0.25, 0.3) is 0 Å². The fourth-order valence-electron chi connectivity index (χ4n) is 2.88. The average molecular weight is 353 g/mol. The Balaban J connectivity index is 1.89. The van der Waals surface area contributed by atoms with E-state index in [1.165, 1.54) is 0 Å². The average Bonchev–Trinajstić information content (AvgIpc) is 2.58. The molecule has 1 amide bonds. The second kappa shape index (κ2) is 8.60. The molecule has 1 aliphatic rings. The standard InChI is InChI=1S/C17H27N3O3S/c1-14-5-7-16(8-6-14)24(22,23)19-12-15-4-3-11-20(13-15)17(21)9-10-18-2/h5-8,15,18-19H,3-4,9-13H2,1-2H3. The molecule has 1 aromatic rings. The molecule has 0 radical (unpaired) electrons. The summed E-state index contributed by atoms with van der Waals surface area (Å²) in [7, 11) is -1.67. The molecule has 0 aliphatic carbocycles. The molecule has 0 aromatic heterocycles. The normalized spacial score (nSPS) is 18.6. The smallest absolute Gasteiger partial charge is 0.240 e. The molecule has 1 fully saturated rings. The van der Waals surface area contributed by atoms with Crippen molar-refractivity contribution in [3.63, 3.8) is 0 Å². The van der Waals surface area contributed by atoms with Crippen LogP contribution in [0, 0.1) is 12.8 Å². The topological polar surface area (TPSA) is 78.5 Å². The van der Waals surface area contributed by atoms with E-state index in [1.807, 2.05) is 18.9 Å². The lowest BCUT2D eigenvalue weighted by molar-refractivity contribution is -0.132. The zero-order valence-electron chi connectivity index (χ0n) is 14.4. The predicted molar refractivity (Wildman–Crippen MR) is 94.2 cm³/mol. The van der Waals surface area contributed by atoms with Gasteiger partial charge in [-0.3, -0.25) is 4.79 Å². The van der Waals surface area contributed by atoms with Crippen molar-refractivity contribution in [1.29, 1.82) is 0 Å². The van der Waals surface area contributed by atoms with Gasteiger partial charge < -0.3 is 10.2 Å². The largest absolute Gasteiger partial charge is 0.342 e. The Morgan fingerprint density at radius 1 is 1.29 bits per heavy atom. The number of carbonyl (C=O) groups excluding carboxylic acids is 1. The molecule has 2 N–H and O–H groups in total. The van der Waals surface area contributed by atoms with Gasteiger partial charge in [0.15, 0.2) is 0 Å². The number of carbonyl (C=O) groups is 1. The van der Waals surface area contributed by atoms with Crippen LogP contribution in [0.2, 0.25) is 0 Å². The molecule has 1 atom stereocenters. The minimum absolute atomic E-state index is 0.135. The van der Waals surface area contributed by atoms with Crippen LogP contribution in [0.5, 0.6) is 0 Å². The predicted octanol–water partition coefficient (Wildman–Crippen LogP) is 1.12. The summed E-state index contributed by atoms with van der Waals surface area (Å²) >= 11 is 0. The van der Waals surface area contributed by atoms with Crippen molar-refractivity contribution in [2.75, 3.05) is 33.2 Å². The molecule has 0 saturated carbocycles. The van der Waals surface area contributed by atoms with Gasteiger partial charge in [-0.2, -0.15) is 0 Å². The van der Waals surface area contributed by atoms with E-state index >= 15 is 0 Å². The third kappa shape index (κ3) is 5.29. The quantitative estimate of drug-likeness (QED) is 0.770. The van der Waals surface area contributed by atoms with Crippen molar-refractivity contribution in [3.05, 3.63) is 29.8 Å². The van der Waals surface area contributed by atoms with E-state index in [9.17, 15) is 13.2 Å². The number of piperidine rings is 1. The van der Waals surface area contributed by atoms with Gasteiger partial charge in [0, 0.05) is 32.6 Å². The lowest BCUT2D eigenvalue weighted by Crippen LogP contribution is -2.44. The highest BCUT2D eigenvalue weighted by Gasteiger charge is 2.24. The summed E-state index contributed by atoms with van der Waals surface area (Å²) in [6.07, 6.45) is 2.34. The first-order valence-electron chi connectivity index (χ1n) is 8.41. The molecular weight excluding hydrogens is 326 g/mol. The second-order valence-corrected chi connectivity index (χ2v) is 8.13. The maximum absolute atomic E-state index is 12.3. The highest BCUT2D eigenvalue weighted by molar-refractivity contribution is 7.89. The molecule has 1 aromatic carbocycles. The van der Waals surface area contributed by atoms with Crippen LogP contribution in [-0.4, -0.2) is 52.5 Å². The second-order valence-electron chi connectivity index (χ2n) is 6.37. The minimum Gasteiger partial charge on any atom is -0.342 e. The summed E-state index contributed by atoms with van der Waals surface area (Å²) in [5.74, 6) is 0.299. The summed E-state index contributed by atoms with van der Waals surface area (Å²) in [6.45, 7) is 4.35. The number of likely N-dealkylation sites (tertiary alicyclic amines) is 1. The lowest BCUT2D eigenvalue weighted by Gasteiger charge is -2.33. The van der Waals surface area contributed by atoms with E-state index in [-0.39, 0.29) is 16.7 Å². The molecule has 6 nitrogen and oxygen atoms in total. The van der Waals surface area contributed by atoms with Crippen molar-refractivity contribution in [3.8, 4) is 0 Å². The van der Waals surface area contributed by atoms with Crippen LogP contribution in [0.15, 0.2) is 29.2 Å². The monoisotopic (exact) mass is 353 g/mol. The molecule has 1 aliphatic heterocycles. The Morgan fingerprint density at radius 2 is 2.00 bits per heavy atom. The molecular formula is C17H27N3O3S. The van der Waals surface area contributed by atoms with Gasteiger partial charge >= 0.3 is 0 Å². The van der Waals surface area contributed by atoms with E-state index in [4.69, 9.17) is 0 Å². The fourth-order valence-corrected chi connectivity index (χ4v) is 3.99. The van der Waals surface area contributed by atoms with Gasteiger partial charge in [0.05, 0.1) is 4.90 Å². The van der Waals surface area contributed by atoms with Gasteiger partial charge in [-0.1, -0.05) is 17.7 Å². The van der Waals surface area contributed by atoms with Crippen molar-refractivity contribution >= 4 is 15.9 Å². The summed E-state index contributed by atoms with van der Waals surface area (Å²) in [5, 5.41) is 2.98. The van der Waals surface area contributed by atoms with Crippen molar-refractivity contribution < 1.29 is 13.2 Å². The number of rotatable bonds is 7. The Bertz CT molecular complexity index is 644. The number of hydrogen-bond acceptors (Lipinski definition) is 4. The maximum Gasteiger partial charge on any atom is 0.240 e. The minimum atomic E-state index is -3.49. The van der Waals surface area contributed by atoms with E-state index in [0.29, 0.717) is 26.1 Å². The number of benzene rings is 1. The molecule has 0 spiro atoms. The summed E-state index contributed by atoms with van der Waals surface area (Å²) in [4.78, 5) is 14.2. The van der Waals surface area contributed by atoms with Gasteiger partial charge in [0.2, 0.25) is 15.9 Å². The van der Waals surface area contributed by atoms with Crippen LogP contribution in [0.25, 0.3) is 0 Å². The first-order valence-corrected chi connectivity index (χ1v) is 9.89. The zero-order chi connectivity index (χ0) is 17.6. The number of sulfonamides is 1. The molecule has 2 rings (SSSR count). The summed E-state index contributed by atoms with van der Waals surface area (Å²) in [6, 6.07) is 6.81. The first kappa shape index (κ1) is 18.9. The molecule has 1 heterocycles. The number of amides is 1. The van der Waals surface area contributed by atoms with Crippen LogP contribution in [0.1, 0.15) is 24.8 Å². The molecule has 0 bridgehead atoms. The zero-order valence-corrected chi connectivity index (χ0v) is 15.2. The maximum atomic E-state index is 12.3. The highest BCUT2D eigenvalue weighted by Crippen LogP contribution is 2.18. The van der Waals surface area contributed by atoms with Gasteiger partial charge in [-0.05, 0) is 44.9 Å². The van der Waals surface area contributed by atoms with Gasteiger partial charge in [0.1, 0.15) is 0 Å². The third-order valence-electron chi connectivity index (χ3n) is 4.35. The van der Waals surface area contributed by atoms with Crippen LogP contribution >= 0.6 is 0 Å². The molecule has 134 valence electrons. The first-order chi connectivity index (χ1) is 11.4. The summed E-state index contributed by atoms with van der Waals surface area (Å²) < 4.78 is 27.4. The van der Waals surface area contributed by atoms with Crippen LogP contribution < -0.4 is 10.0 Å². The van der Waals surface area contributed by atoms with E-state index in [0.717, 1.165) is 24.9 Å². The molecule has 1 saturated heterocycles. The fraction of sp³-hybridized carbons (Fsp3) is 0.588. The van der Waals surface area contributed by atoms with Gasteiger partial charge in [-0.15, -0.1) is 0 Å². The number of hydrogen-bond donors (Lipinski definition) is 2. The molecule has 1 unspecified atom stereocenters. The van der Waals surface area contributed by atoms with Crippen molar-refractivity contribution in [2.45, 2.75) is 31.1 Å². The Labute approximate surface area is 144 Å². The van der Waals surface area contributed by atoms with Crippen molar-refractivity contribution in [1.82, 2.24) is 14.9 Å². The third-order valence-corrected chi connectivity index (χ3v) is 5.79. The van der Waals surface area contributed by atoms with Crippen molar-refractivity contribution in [2.24, 2.45) is 5.92 Å². The van der Waals surface area contributed by atoms with E-state index in [1.54, 1.807) is 24.3 Å². The number of nitrogens with zero attached hydrogens (tertiary/aromatic N) is 1. The van der Waals surface area contributed by atoms with Crippen LogP contribution in [0.4, 0.5) is 0 Å². The number of nitrogens with one attached hydrogen (secondary N) is 2. The SMILES string of the molecule is CNCCC(=O)N1CCCC(CNS(=O)(=O)c2ccc(C)cc2)C1. The lowest BCUT2D eigenvalue weighted by atomic mass is 9.98. The molecule has 7 heteroatoms.